The minimum absolute atomic E-state index is 0.0494. The van der Waals surface area contributed by atoms with Gasteiger partial charge in [0, 0.05) is 28.4 Å². The molecule has 0 amide bonds. The second-order valence-electron chi connectivity index (χ2n) is 4.68. The molecule has 0 saturated carbocycles. The lowest BCUT2D eigenvalue weighted by Crippen LogP contribution is -2.12. The van der Waals surface area contributed by atoms with Crippen LogP contribution < -0.4 is 5.32 Å². The lowest BCUT2D eigenvalue weighted by Gasteiger charge is -2.06. The van der Waals surface area contributed by atoms with E-state index in [-0.39, 0.29) is 11.6 Å². The summed E-state index contributed by atoms with van der Waals surface area (Å²) in [6.07, 6.45) is 1.56. The number of hydrogen-bond acceptors (Lipinski definition) is 2. The van der Waals surface area contributed by atoms with Gasteiger partial charge in [0.1, 0.15) is 5.82 Å². The molecule has 0 radical (unpaired) electrons. The molecule has 2 rings (SSSR count). The molecule has 2 aromatic carbocycles. The first-order chi connectivity index (χ1) is 10.0. The third kappa shape index (κ3) is 4.83. The van der Waals surface area contributed by atoms with Gasteiger partial charge in [-0.05, 0) is 48.9 Å². The van der Waals surface area contributed by atoms with E-state index in [9.17, 15) is 9.18 Å². The topological polar surface area (TPSA) is 29.1 Å². The minimum atomic E-state index is -0.253. The summed E-state index contributed by atoms with van der Waals surface area (Å²) < 4.78 is 13.7. The Morgan fingerprint density at radius 2 is 1.76 bits per heavy atom. The number of carbonyl (C=O) groups excluding carboxylic acids is 1. The Balaban J connectivity index is 1.95. The molecule has 0 unspecified atom stereocenters. The van der Waals surface area contributed by atoms with E-state index in [1.54, 1.807) is 30.3 Å². The molecule has 0 aromatic heterocycles. The third-order valence-corrected chi connectivity index (χ3v) is 3.49. The van der Waals surface area contributed by atoms with Crippen LogP contribution in [0.3, 0.4) is 0 Å². The normalized spacial score (nSPS) is 11.3. The molecular weight excluding hydrogens is 333 g/mol. The highest BCUT2D eigenvalue weighted by molar-refractivity contribution is 9.10. The monoisotopic (exact) mass is 347 g/mol. The maximum absolute atomic E-state index is 12.8. The predicted molar refractivity (Wildman–Crippen MR) is 85.5 cm³/mol. The molecule has 0 aliphatic carbocycles. The lowest BCUT2D eigenvalue weighted by molar-refractivity contribution is 0.104. The van der Waals surface area contributed by atoms with E-state index >= 15 is 0 Å². The van der Waals surface area contributed by atoms with Crippen LogP contribution in [0, 0.1) is 5.82 Å². The maximum Gasteiger partial charge on any atom is 0.187 e. The summed E-state index contributed by atoms with van der Waals surface area (Å²) in [5.74, 6) is -0.303. The van der Waals surface area contributed by atoms with E-state index in [0.717, 1.165) is 15.7 Å². The van der Waals surface area contributed by atoms with Gasteiger partial charge in [-0.25, -0.2) is 4.39 Å². The molecule has 21 heavy (non-hydrogen) atoms. The van der Waals surface area contributed by atoms with E-state index in [4.69, 9.17) is 0 Å². The second kappa shape index (κ2) is 7.18. The van der Waals surface area contributed by atoms with Gasteiger partial charge in [0.2, 0.25) is 0 Å². The highest BCUT2D eigenvalue weighted by Crippen LogP contribution is 2.12. The van der Waals surface area contributed by atoms with Crippen LogP contribution in [0.2, 0.25) is 0 Å². The summed E-state index contributed by atoms with van der Waals surface area (Å²) in [5, 5.41) is 3.14. The Morgan fingerprint density at radius 3 is 2.38 bits per heavy atom. The van der Waals surface area contributed by atoms with Crippen LogP contribution in [0.15, 0.2) is 64.8 Å². The van der Waals surface area contributed by atoms with Crippen LogP contribution >= 0.6 is 15.9 Å². The van der Waals surface area contributed by atoms with Crippen LogP contribution in [-0.2, 0) is 6.54 Å². The largest absolute Gasteiger partial charge is 0.384 e. The van der Waals surface area contributed by atoms with Crippen molar-refractivity contribution in [1.29, 1.82) is 0 Å². The van der Waals surface area contributed by atoms with Crippen LogP contribution in [0.25, 0.3) is 0 Å². The number of allylic oxidation sites excluding steroid dienone is 2. The van der Waals surface area contributed by atoms with Crippen molar-refractivity contribution >= 4 is 21.7 Å². The molecule has 2 nitrogen and oxygen atoms in total. The molecule has 0 aliphatic rings. The van der Waals surface area contributed by atoms with Gasteiger partial charge in [0.15, 0.2) is 5.78 Å². The van der Waals surface area contributed by atoms with Crippen molar-refractivity contribution in [3.05, 3.63) is 81.7 Å². The summed E-state index contributed by atoms with van der Waals surface area (Å²) in [5.41, 5.74) is 2.37. The molecule has 4 heteroatoms. The van der Waals surface area contributed by atoms with E-state index in [1.165, 1.54) is 12.1 Å². The van der Waals surface area contributed by atoms with Crippen LogP contribution in [0.4, 0.5) is 4.39 Å². The summed E-state index contributed by atoms with van der Waals surface area (Å²) in [6.45, 7) is 2.39. The zero-order chi connectivity index (χ0) is 15.2. The second-order valence-corrected chi connectivity index (χ2v) is 5.59. The number of carbonyl (C=O) groups is 1. The minimum Gasteiger partial charge on any atom is -0.384 e. The molecule has 0 heterocycles. The first-order valence-corrected chi connectivity index (χ1v) is 7.30. The van der Waals surface area contributed by atoms with E-state index in [0.29, 0.717) is 12.1 Å². The molecule has 0 saturated heterocycles. The molecular formula is C17H15BrFNO. The van der Waals surface area contributed by atoms with Crippen molar-refractivity contribution in [2.24, 2.45) is 0 Å². The summed E-state index contributed by atoms with van der Waals surface area (Å²) in [7, 11) is 0. The third-order valence-electron chi connectivity index (χ3n) is 2.96. The van der Waals surface area contributed by atoms with Crippen molar-refractivity contribution in [2.75, 3.05) is 0 Å². The number of benzene rings is 2. The van der Waals surface area contributed by atoms with E-state index in [1.807, 2.05) is 19.1 Å². The van der Waals surface area contributed by atoms with Crippen LogP contribution in [0.1, 0.15) is 22.8 Å². The average molecular weight is 348 g/mol. The fourth-order valence-electron chi connectivity index (χ4n) is 1.79. The van der Waals surface area contributed by atoms with Crippen molar-refractivity contribution in [3.8, 4) is 0 Å². The number of rotatable bonds is 5. The SMILES string of the molecule is CC(=CC(=O)c1ccc(Br)cc1)NCc1ccc(F)cc1. The summed E-state index contributed by atoms with van der Waals surface area (Å²) in [4.78, 5) is 12.0. The quantitative estimate of drug-likeness (QED) is 0.638. The molecule has 0 fully saturated rings. The molecule has 0 aliphatic heterocycles. The lowest BCUT2D eigenvalue weighted by atomic mass is 10.1. The summed E-state index contributed by atoms with van der Waals surface area (Å²) >= 11 is 3.34. The zero-order valence-corrected chi connectivity index (χ0v) is 13.2. The predicted octanol–water partition coefficient (Wildman–Crippen LogP) is 4.46. The van der Waals surface area contributed by atoms with Gasteiger partial charge in [0.25, 0.3) is 0 Å². The van der Waals surface area contributed by atoms with Crippen LogP contribution in [0.5, 0.6) is 0 Å². The molecule has 1 N–H and O–H groups in total. The molecule has 2 aromatic rings. The zero-order valence-electron chi connectivity index (χ0n) is 11.6. The van der Waals surface area contributed by atoms with Gasteiger partial charge in [-0.3, -0.25) is 4.79 Å². The van der Waals surface area contributed by atoms with Crippen molar-refractivity contribution in [2.45, 2.75) is 13.5 Å². The highest BCUT2D eigenvalue weighted by atomic mass is 79.9. The number of nitrogens with one attached hydrogen (secondary N) is 1. The number of hydrogen-bond donors (Lipinski definition) is 1. The first kappa shape index (κ1) is 15.4. The average Bonchev–Trinajstić information content (AvgIpc) is 2.47. The van der Waals surface area contributed by atoms with Crippen molar-refractivity contribution in [3.63, 3.8) is 0 Å². The van der Waals surface area contributed by atoms with Crippen LogP contribution in [-0.4, -0.2) is 5.78 Å². The molecule has 0 atom stereocenters. The molecule has 0 spiro atoms. The Morgan fingerprint density at radius 1 is 1.14 bits per heavy atom. The van der Waals surface area contributed by atoms with Gasteiger partial charge < -0.3 is 5.32 Å². The van der Waals surface area contributed by atoms with Gasteiger partial charge in [-0.1, -0.05) is 28.1 Å². The molecule has 0 bridgehead atoms. The summed E-state index contributed by atoms with van der Waals surface area (Å²) in [6, 6.07) is 13.5. The van der Waals surface area contributed by atoms with Gasteiger partial charge in [0.05, 0.1) is 0 Å². The standard InChI is InChI=1S/C17H15BrFNO/c1-12(20-11-13-2-8-16(19)9-3-13)10-17(21)14-4-6-15(18)7-5-14/h2-10,20H,11H2,1H3. The number of ketones is 1. The Bertz CT molecular complexity index is 647. The van der Waals surface area contributed by atoms with Crippen molar-refractivity contribution in [1.82, 2.24) is 5.32 Å². The van der Waals surface area contributed by atoms with Gasteiger partial charge in [-0.2, -0.15) is 0 Å². The Hall–Kier alpha value is -1.94. The van der Waals surface area contributed by atoms with Crippen molar-refractivity contribution < 1.29 is 9.18 Å². The van der Waals surface area contributed by atoms with E-state index < -0.39 is 0 Å². The maximum atomic E-state index is 12.8. The van der Waals surface area contributed by atoms with Gasteiger partial charge in [-0.15, -0.1) is 0 Å². The molecule has 108 valence electrons. The van der Waals surface area contributed by atoms with E-state index in [2.05, 4.69) is 21.2 Å². The Labute approximate surface area is 131 Å². The fourth-order valence-corrected chi connectivity index (χ4v) is 2.05. The van der Waals surface area contributed by atoms with Gasteiger partial charge >= 0.3 is 0 Å². The Kier molecular flexibility index (Phi) is 5.28. The first-order valence-electron chi connectivity index (χ1n) is 6.51. The number of halogens is 2. The highest BCUT2D eigenvalue weighted by Gasteiger charge is 2.03. The smallest absolute Gasteiger partial charge is 0.187 e. The fraction of sp³-hybridized carbons (Fsp3) is 0.118.